The minimum Gasteiger partial charge on any atom is -0.504 e. The number of ether oxygens (including phenoxy) is 1. The smallest absolute Gasteiger partial charge is 0.504 e. The number of hydrogen-bond donors (Lipinski definition) is 1. The Labute approximate surface area is 106 Å². The summed E-state index contributed by atoms with van der Waals surface area (Å²) in [6.07, 6.45) is -4.91. The van der Waals surface area contributed by atoms with Crippen LogP contribution in [0.5, 0.6) is 0 Å². The van der Waals surface area contributed by atoms with Gasteiger partial charge in [-0.1, -0.05) is 0 Å². The van der Waals surface area contributed by atoms with E-state index in [9.17, 15) is 18.0 Å². The number of allylic oxidation sites excluding steroid dienone is 1. The maximum Gasteiger partial charge on any atom is 2.00 e. The molecule has 0 saturated carbocycles. The van der Waals surface area contributed by atoms with Gasteiger partial charge in [0, 0.05) is 0 Å². The fourth-order valence-corrected chi connectivity index (χ4v) is 0.377. The molecule has 0 atom stereocenters. The number of aliphatic hydroxyl groups is 1. The van der Waals surface area contributed by atoms with E-state index in [4.69, 9.17) is 5.11 Å². The third-order valence-corrected chi connectivity index (χ3v) is 0.832. The molecule has 0 aliphatic rings. The fourth-order valence-electron chi connectivity index (χ4n) is 0.377. The molecule has 0 fully saturated rings. The van der Waals surface area contributed by atoms with Gasteiger partial charge in [-0.15, -0.1) is 0 Å². The molecule has 0 rings (SSSR count). The van der Waals surface area contributed by atoms with Crippen LogP contribution in [0.1, 0.15) is 6.92 Å². The Morgan fingerprint density at radius 2 is 1.80 bits per heavy atom. The van der Waals surface area contributed by atoms with E-state index in [1.54, 1.807) is 0 Å². The molecule has 15 heavy (non-hydrogen) atoms. The van der Waals surface area contributed by atoms with Gasteiger partial charge < -0.3 is 24.7 Å². The second-order valence-electron chi connectivity index (χ2n) is 1.78. The van der Waals surface area contributed by atoms with Crippen molar-refractivity contribution >= 4 is 5.97 Å². The van der Waals surface area contributed by atoms with Gasteiger partial charge >= 0.3 is 38.3 Å². The Hall–Kier alpha value is -0.317. The number of carbonyl (C=O) groups excluding carboxylic acids is 1. The summed E-state index contributed by atoms with van der Waals surface area (Å²) in [4.78, 5) is 10.3. The summed E-state index contributed by atoms with van der Waals surface area (Å²) in [5.41, 5.74) is 0. The molecule has 0 saturated heterocycles. The van der Waals surface area contributed by atoms with E-state index in [-0.39, 0.29) is 53.7 Å². The summed E-state index contributed by atoms with van der Waals surface area (Å²) >= 11 is 0. The molecular formula is C8H13F3O3Zr. The van der Waals surface area contributed by atoms with Gasteiger partial charge in [0.2, 0.25) is 5.76 Å². The average Bonchev–Trinajstić information content (AvgIpc) is 1.85. The number of hydrogen-bond acceptors (Lipinski definition) is 3. The molecule has 0 unspecified atom stereocenters. The van der Waals surface area contributed by atoms with Gasteiger partial charge in [0.25, 0.3) is 0 Å². The van der Waals surface area contributed by atoms with E-state index in [0.29, 0.717) is 0 Å². The Morgan fingerprint density at radius 3 is 2.07 bits per heavy atom. The van der Waals surface area contributed by atoms with Crippen LogP contribution in [0.15, 0.2) is 11.8 Å². The van der Waals surface area contributed by atoms with E-state index in [0.717, 1.165) is 0 Å². The van der Waals surface area contributed by atoms with Gasteiger partial charge in [-0.3, -0.25) is 0 Å². The molecule has 0 amide bonds. The normalized spacial score (nSPS) is 10.3. The van der Waals surface area contributed by atoms with Crippen LogP contribution in [-0.4, -0.2) is 23.9 Å². The van der Waals surface area contributed by atoms with E-state index >= 15 is 0 Å². The van der Waals surface area contributed by atoms with Gasteiger partial charge in [0.15, 0.2) is 0 Å². The first-order chi connectivity index (χ1) is 5.38. The Morgan fingerprint density at radius 1 is 1.40 bits per heavy atom. The minimum absolute atomic E-state index is 0. The molecule has 0 bridgehead atoms. The third-order valence-electron chi connectivity index (χ3n) is 0.832. The second kappa shape index (κ2) is 10.2. The standard InChI is InChI=1S/C6H7F3O3.2CH3.Zr/c1-2-12-5(11)3-4(10)6(7,8)9;;;/h3,10H,2H2,1H3;2*1H3;/q;2*-1;+2/b4-3-;;;. The van der Waals surface area contributed by atoms with Crippen molar-refractivity contribution in [1.29, 1.82) is 0 Å². The second-order valence-corrected chi connectivity index (χ2v) is 1.78. The molecular weight excluding hydrogens is 292 g/mol. The summed E-state index contributed by atoms with van der Waals surface area (Å²) < 4.78 is 38.7. The number of aliphatic hydroxyl groups excluding tert-OH is 1. The molecule has 0 spiro atoms. The first-order valence-electron chi connectivity index (χ1n) is 3.02. The molecule has 1 N–H and O–H groups in total. The Balaban J connectivity index is -0.000000202. The summed E-state index contributed by atoms with van der Waals surface area (Å²) in [5.74, 6) is -3.17. The molecule has 0 aromatic rings. The molecule has 0 aliphatic carbocycles. The maximum atomic E-state index is 11.5. The average molecular weight is 305 g/mol. The number of halogens is 3. The summed E-state index contributed by atoms with van der Waals surface area (Å²) in [7, 11) is 0. The number of carbonyl (C=O) groups is 1. The fraction of sp³-hybridized carbons (Fsp3) is 0.375. The SMILES string of the molecule is CCOC(=O)/C=C(\O)C(F)(F)F.[CH3-].[CH3-].[Zr+2]. The van der Waals surface area contributed by atoms with Crippen molar-refractivity contribution < 1.29 is 54.0 Å². The Kier molecular flexibility index (Phi) is 16.4. The zero-order valence-corrected chi connectivity index (χ0v) is 11.1. The predicted molar refractivity (Wildman–Crippen MR) is 46.2 cm³/mol. The van der Waals surface area contributed by atoms with Crippen molar-refractivity contribution in [2.75, 3.05) is 6.61 Å². The molecule has 0 aromatic heterocycles. The van der Waals surface area contributed by atoms with E-state index in [1.165, 1.54) is 6.92 Å². The zero-order valence-electron chi connectivity index (χ0n) is 8.68. The van der Waals surface area contributed by atoms with Crippen molar-refractivity contribution in [3.8, 4) is 0 Å². The van der Waals surface area contributed by atoms with Gasteiger partial charge in [-0.2, -0.15) is 13.2 Å². The number of alkyl halides is 3. The summed E-state index contributed by atoms with van der Waals surface area (Å²) in [6, 6.07) is 0. The predicted octanol–water partition coefficient (Wildman–Crippen LogP) is 2.45. The van der Waals surface area contributed by atoms with Crippen molar-refractivity contribution in [2.24, 2.45) is 0 Å². The van der Waals surface area contributed by atoms with Gasteiger partial charge in [-0.25, -0.2) is 4.79 Å². The largest absolute Gasteiger partial charge is 2.00 e. The number of esters is 1. The van der Waals surface area contributed by atoms with Crippen LogP contribution in [-0.2, 0) is 35.7 Å². The van der Waals surface area contributed by atoms with E-state index < -0.39 is 17.9 Å². The van der Waals surface area contributed by atoms with Gasteiger partial charge in [-0.05, 0) is 6.92 Å². The van der Waals surface area contributed by atoms with Gasteiger partial charge in [0.05, 0.1) is 12.7 Å². The van der Waals surface area contributed by atoms with Crippen molar-refractivity contribution in [2.45, 2.75) is 13.1 Å². The van der Waals surface area contributed by atoms with Crippen molar-refractivity contribution in [1.82, 2.24) is 0 Å². The molecule has 0 aliphatic heterocycles. The molecule has 88 valence electrons. The first kappa shape index (κ1) is 24.1. The molecule has 3 nitrogen and oxygen atoms in total. The van der Waals surface area contributed by atoms with Crippen LogP contribution < -0.4 is 0 Å². The van der Waals surface area contributed by atoms with E-state index in [1.807, 2.05) is 0 Å². The van der Waals surface area contributed by atoms with E-state index in [2.05, 4.69) is 4.74 Å². The third kappa shape index (κ3) is 11.6. The molecule has 0 aromatic carbocycles. The molecule has 7 heteroatoms. The molecule has 0 heterocycles. The summed E-state index contributed by atoms with van der Waals surface area (Å²) in [6.45, 7) is 1.40. The van der Waals surface area contributed by atoms with Crippen molar-refractivity contribution in [3.05, 3.63) is 26.7 Å². The van der Waals surface area contributed by atoms with Crippen LogP contribution in [0, 0.1) is 14.9 Å². The van der Waals surface area contributed by atoms with Crippen LogP contribution in [0.3, 0.4) is 0 Å². The van der Waals surface area contributed by atoms with Crippen LogP contribution in [0.2, 0.25) is 0 Å². The Bertz CT molecular complexity index is 202. The topological polar surface area (TPSA) is 46.5 Å². The first-order valence-corrected chi connectivity index (χ1v) is 3.02. The number of rotatable bonds is 2. The van der Waals surface area contributed by atoms with Gasteiger partial charge in [0.1, 0.15) is 0 Å². The summed E-state index contributed by atoms with van der Waals surface area (Å²) in [5, 5.41) is 8.22. The quantitative estimate of drug-likeness (QED) is 0.369. The zero-order chi connectivity index (χ0) is 9.78. The van der Waals surface area contributed by atoms with Crippen molar-refractivity contribution in [3.63, 3.8) is 0 Å². The van der Waals surface area contributed by atoms with Crippen LogP contribution in [0.4, 0.5) is 13.2 Å². The minimum atomic E-state index is -4.90. The molecule has 0 radical (unpaired) electrons. The maximum absolute atomic E-state index is 11.5. The van der Waals surface area contributed by atoms with Crippen LogP contribution >= 0.6 is 0 Å². The monoisotopic (exact) mass is 304 g/mol. The van der Waals surface area contributed by atoms with Crippen LogP contribution in [0.25, 0.3) is 0 Å².